The average Bonchev–Trinajstić information content (AvgIpc) is 3.46. The van der Waals surface area contributed by atoms with Crippen molar-refractivity contribution in [2.45, 2.75) is 69.9 Å². The van der Waals surface area contributed by atoms with Gasteiger partial charge >= 0.3 is 0 Å². The maximum atomic E-state index is 7.49. The summed E-state index contributed by atoms with van der Waals surface area (Å²) in [7, 11) is 0.923. The number of likely N-dealkylation sites (tertiary alicyclic amines) is 1. The highest BCUT2D eigenvalue weighted by Crippen LogP contribution is 2.48. The second kappa shape index (κ2) is 12.7. The Morgan fingerprint density at radius 3 is 2.07 bits per heavy atom. The summed E-state index contributed by atoms with van der Waals surface area (Å²) < 4.78 is 18.9. The molecular formula is C37H48N2O3Si. The number of para-hydroxylation sites is 1. The number of aromatic nitrogens is 1. The minimum Gasteiger partial charge on any atom is -0.407 e. The van der Waals surface area contributed by atoms with Crippen LogP contribution in [0.2, 0.25) is 5.04 Å². The van der Waals surface area contributed by atoms with Crippen LogP contribution in [-0.4, -0.2) is 57.9 Å². The lowest BCUT2D eigenvalue weighted by atomic mass is 9.70. The molecule has 2 bridgehead atoms. The normalized spacial score (nSPS) is 23.2. The third-order valence-electron chi connectivity index (χ3n) is 10.2. The smallest absolute Gasteiger partial charge is 0.261 e. The Bertz CT molecular complexity index is 1390. The first-order valence-corrected chi connectivity index (χ1v) is 17.9. The molecule has 2 heterocycles. The van der Waals surface area contributed by atoms with E-state index in [1.807, 2.05) is 0 Å². The molecule has 2 fully saturated rings. The first-order chi connectivity index (χ1) is 20.8. The number of rotatable bonds is 10. The van der Waals surface area contributed by atoms with Crippen LogP contribution in [0.5, 0.6) is 0 Å². The number of hydrogen-bond acceptors (Lipinski definition) is 4. The van der Waals surface area contributed by atoms with E-state index in [0.717, 1.165) is 19.6 Å². The zero-order valence-corrected chi connectivity index (χ0v) is 27.5. The Hall–Kier alpha value is -2.74. The van der Waals surface area contributed by atoms with Gasteiger partial charge in [-0.3, -0.25) is 4.90 Å². The standard InChI is InChI=1S/C37H48N2O3Si/c1-37(2,3)43(31-15-8-6-9-16-31,32-17-10-7-11-18-32)42-26-28-20-21-30-22-29(28)24-35(39(30)25-36(40-4)41-5)34-23-27-14-12-13-19-33(27)38-34/h6-19,23,28-30,35-36,38H,20-22,24-26H2,1-5H3/t28-,29-,30+,35+/m0/s1. The van der Waals surface area contributed by atoms with Crippen LogP contribution >= 0.6 is 0 Å². The lowest BCUT2D eigenvalue weighted by Gasteiger charge is -2.52. The molecular weight excluding hydrogens is 549 g/mol. The summed E-state index contributed by atoms with van der Waals surface area (Å²) in [5.74, 6) is 1.14. The quantitative estimate of drug-likeness (QED) is 0.160. The zero-order chi connectivity index (χ0) is 30.0. The molecule has 2 aliphatic rings. The zero-order valence-electron chi connectivity index (χ0n) is 26.5. The van der Waals surface area contributed by atoms with E-state index in [0.29, 0.717) is 23.9 Å². The Morgan fingerprint density at radius 1 is 0.837 bits per heavy atom. The van der Waals surface area contributed by atoms with Gasteiger partial charge in [0.25, 0.3) is 8.32 Å². The maximum absolute atomic E-state index is 7.49. The molecule has 1 saturated heterocycles. The van der Waals surface area contributed by atoms with Crippen molar-refractivity contribution in [3.05, 3.63) is 96.7 Å². The SMILES string of the molecule is COC(CN1[C@@H]2CC[C@@H](CO[Si](c3ccccc3)(c3ccccc3)C(C)(C)C)[C@@H](C2)C[C@@H]1c1cc2ccccc2[nH]1)OC. The van der Waals surface area contributed by atoms with Crippen molar-refractivity contribution in [2.24, 2.45) is 11.8 Å². The van der Waals surface area contributed by atoms with Crippen LogP contribution in [0, 0.1) is 11.8 Å². The molecule has 0 amide bonds. The molecule has 0 radical (unpaired) electrons. The summed E-state index contributed by atoms with van der Waals surface area (Å²) in [6.45, 7) is 8.71. The van der Waals surface area contributed by atoms with E-state index in [2.05, 4.69) is 122 Å². The predicted octanol–water partition coefficient (Wildman–Crippen LogP) is 6.90. The van der Waals surface area contributed by atoms with Gasteiger partial charge in [-0.25, -0.2) is 0 Å². The summed E-state index contributed by atoms with van der Waals surface area (Å²) in [4.78, 5) is 6.44. The van der Waals surface area contributed by atoms with Crippen molar-refractivity contribution < 1.29 is 13.9 Å². The van der Waals surface area contributed by atoms with E-state index in [1.165, 1.54) is 46.2 Å². The van der Waals surface area contributed by atoms with Gasteiger partial charge in [0.05, 0.1) is 12.6 Å². The first-order valence-electron chi connectivity index (χ1n) is 16.0. The number of hydrogen-bond donors (Lipinski definition) is 1. The minimum absolute atomic E-state index is 0.0154. The average molecular weight is 597 g/mol. The van der Waals surface area contributed by atoms with E-state index < -0.39 is 8.32 Å². The molecule has 1 aromatic heterocycles. The van der Waals surface area contributed by atoms with Gasteiger partial charge in [0, 0.05) is 38.1 Å². The Balaban J connectivity index is 1.30. The number of benzene rings is 3. The monoisotopic (exact) mass is 596 g/mol. The van der Waals surface area contributed by atoms with Crippen LogP contribution in [0.4, 0.5) is 0 Å². The van der Waals surface area contributed by atoms with Gasteiger partial charge in [0.1, 0.15) is 0 Å². The number of H-pyrrole nitrogens is 1. The largest absolute Gasteiger partial charge is 0.407 e. The van der Waals surface area contributed by atoms with Crippen LogP contribution in [-0.2, 0) is 13.9 Å². The van der Waals surface area contributed by atoms with Crippen LogP contribution in [0.15, 0.2) is 91.0 Å². The molecule has 5 nitrogen and oxygen atoms in total. The third kappa shape index (κ3) is 5.88. The molecule has 6 rings (SSSR count). The van der Waals surface area contributed by atoms with Gasteiger partial charge in [-0.15, -0.1) is 0 Å². The van der Waals surface area contributed by atoms with E-state index in [1.54, 1.807) is 14.2 Å². The molecule has 1 N–H and O–H groups in total. The number of nitrogens with zero attached hydrogens (tertiary/aromatic N) is 1. The molecule has 1 saturated carbocycles. The van der Waals surface area contributed by atoms with E-state index in [9.17, 15) is 0 Å². The molecule has 1 aliphatic carbocycles. The number of methoxy groups -OCH3 is 2. The summed E-state index contributed by atoms with van der Waals surface area (Å²) >= 11 is 0. The lowest BCUT2D eigenvalue weighted by Crippen LogP contribution is -2.67. The molecule has 3 aromatic carbocycles. The van der Waals surface area contributed by atoms with Crippen LogP contribution in [0.25, 0.3) is 10.9 Å². The van der Waals surface area contributed by atoms with Crippen molar-refractivity contribution in [3.8, 4) is 0 Å². The second-order valence-corrected chi connectivity index (χ2v) is 17.9. The maximum Gasteiger partial charge on any atom is 0.261 e. The first kappa shape index (κ1) is 30.3. The summed E-state index contributed by atoms with van der Waals surface area (Å²) in [6, 6.07) is 33.9. The summed E-state index contributed by atoms with van der Waals surface area (Å²) in [6.07, 6.45) is 4.43. The topological polar surface area (TPSA) is 46.7 Å². The molecule has 0 spiro atoms. The summed E-state index contributed by atoms with van der Waals surface area (Å²) in [5.41, 5.74) is 2.50. The second-order valence-electron chi connectivity index (χ2n) is 13.6. The van der Waals surface area contributed by atoms with Gasteiger partial charge < -0.3 is 18.9 Å². The van der Waals surface area contributed by atoms with E-state index >= 15 is 0 Å². The molecule has 228 valence electrons. The number of nitrogens with one attached hydrogen (secondary N) is 1. The fourth-order valence-corrected chi connectivity index (χ4v) is 12.7. The lowest BCUT2D eigenvalue weighted by molar-refractivity contribution is -0.140. The predicted molar refractivity (Wildman–Crippen MR) is 178 cm³/mol. The van der Waals surface area contributed by atoms with Gasteiger partial charge in [-0.2, -0.15) is 0 Å². The molecule has 4 aromatic rings. The Morgan fingerprint density at radius 2 is 1.47 bits per heavy atom. The van der Waals surface area contributed by atoms with Crippen molar-refractivity contribution in [3.63, 3.8) is 0 Å². The van der Waals surface area contributed by atoms with Gasteiger partial charge in [0.15, 0.2) is 6.29 Å². The molecule has 43 heavy (non-hydrogen) atoms. The Labute approximate surface area is 258 Å². The molecule has 1 aliphatic heterocycles. The molecule has 4 atom stereocenters. The van der Waals surface area contributed by atoms with Gasteiger partial charge in [-0.05, 0) is 70.4 Å². The van der Waals surface area contributed by atoms with E-state index in [-0.39, 0.29) is 11.3 Å². The van der Waals surface area contributed by atoms with Crippen molar-refractivity contribution in [1.82, 2.24) is 9.88 Å². The fraction of sp³-hybridized carbons (Fsp3) is 0.459. The third-order valence-corrected chi connectivity index (χ3v) is 15.2. The minimum atomic E-state index is -2.57. The van der Waals surface area contributed by atoms with Crippen molar-refractivity contribution in [2.75, 3.05) is 27.4 Å². The number of ether oxygens (including phenoxy) is 2. The summed E-state index contributed by atoms with van der Waals surface area (Å²) in [5, 5.41) is 3.98. The number of aromatic amines is 1. The van der Waals surface area contributed by atoms with Crippen molar-refractivity contribution in [1.29, 1.82) is 0 Å². The van der Waals surface area contributed by atoms with Crippen LogP contribution in [0.1, 0.15) is 58.2 Å². The van der Waals surface area contributed by atoms with Crippen LogP contribution in [0.3, 0.4) is 0 Å². The highest BCUT2D eigenvalue weighted by atomic mass is 28.4. The van der Waals surface area contributed by atoms with Crippen molar-refractivity contribution >= 4 is 29.6 Å². The van der Waals surface area contributed by atoms with Crippen LogP contribution < -0.4 is 10.4 Å². The number of fused-ring (bicyclic) bond motifs is 3. The van der Waals surface area contributed by atoms with Gasteiger partial charge in [-0.1, -0.05) is 99.6 Å². The highest BCUT2D eigenvalue weighted by molar-refractivity contribution is 6.99. The van der Waals surface area contributed by atoms with Gasteiger partial charge in [0.2, 0.25) is 0 Å². The highest BCUT2D eigenvalue weighted by Gasteiger charge is 2.51. The fourth-order valence-electron chi connectivity index (χ4n) is 8.06. The molecule has 6 heteroatoms. The Kier molecular flexibility index (Phi) is 8.95. The van der Waals surface area contributed by atoms with E-state index in [4.69, 9.17) is 13.9 Å². The molecule has 0 unspecified atom stereocenters. The number of piperidine rings is 1.